The predicted molar refractivity (Wildman–Crippen MR) is 82.9 cm³/mol. The average molecular weight is 285 g/mol. The van der Waals surface area contributed by atoms with Crippen LogP contribution in [-0.4, -0.2) is 11.2 Å². The molecule has 0 bridgehead atoms. The van der Waals surface area contributed by atoms with Gasteiger partial charge < -0.3 is 10.6 Å². The molecule has 0 spiro atoms. The molecule has 0 aliphatic carbocycles. The lowest BCUT2D eigenvalue weighted by Crippen LogP contribution is -2.45. The first-order chi connectivity index (χ1) is 8.29. The first-order valence-electron chi connectivity index (χ1n) is 6.08. The molecule has 1 aromatic rings. The minimum absolute atomic E-state index is 0.187. The SMILES string of the molecule is CC(NC(=S)NCc1ccc(Cl)cc1)C(C)(C)C. The highest BCUT2D eigenvalue weighted by atomic mass is 35.5. The summed E-state index contributed by atoms with van der Waals surface area (Å²) in [4.78, 5) is 0. The third kappa shape index (κ3) is 5.23. The molecule has 1 unspecified atom stereocenters. The largest absolute Gasteiger partial charge is 0.360 e. The highest BCUT2D eigenvalue weighted by Crippen LogP contribution is 2.18. The molecule has 0 fully saturated rings. The van der Waals surface area contributed by atoms with Crippen molar-refractivity contribution in [2.75, 3.05) is 0 Å². The molecule has 2 nitrogen and oxygen atoms in total. The molecule has 1 aromatic carbocycles. The molecule has 18 heavy (non-hydrogen) atoms. The van der Waals surface area contributed by atoms with Gasteiger partial charge in [0, 0.05) is 17.6 Å². The second kappa shape index (κ2) is 6.39. The van der Waals surface area contributed by atoms with Crippen LogP contribution in [0.2, 0.25) is 5.02 Å². The number of nitrogens with one attached hydrogen (secondary N) is 2. The maximum Gasteiger partial charge on any atom is 0.166 e. The summed E-state index contributed by atoms with van der Waals surface area (Å²) in [6.07, 6.45) is 0. The molecule has 1 atom stereocenters. The number of hydrogen-bond donors (Lipinski definition) is 2. The summed E-state index contributed by atoms with van der Waals surface area (Å²) in [5, 5.41) is 7.93. The van der Waals surface area contributed by atoms with Crippen molar-refractivity contribution in [1.82, 2.24) is 10.6 Å². The van der Waals surface area contributed by atoms with Crippen molar-refractivity contribution in [3.8, 4) is 0 Å². The Morgan fingerprint density at radius 3 is 2.33 bits per heavy atom. The van der Waals surface area contributed by atoms with E-state index >= 15 is 0 Å². The highest BCUT2D eigenvalue weighted by molar-refractivity contribution is 7.80. The Bertz CT molecular complexity index is 395. The fraction of sp³-hybridized carbons (Fsp3) is 0.500. The Morgan fingerprint density at radius 2 is 1.83 bits per heavy atom. The normalized spacial score (nSPS) is 12.9. The monoisotopic (exact) mass is 284 g/mol. The molecule has 2 N–H and O–H groups in total. The molecule has 0 aliphatic heterocycles. The number of hydrogen-bond acceptors (Lipinski definition) is 1. The van der Waals surface area contributed by atoms with E-state index in [0.717, 1.165) is 10.6 Å². The van der Waals surface area contributed by atoms with Crippen LogP contribution in [0, 0.1) is 5.41 Å². The lowest BCUT2D eigenvalue weighted by atomic mass is 9.88. The number of benzene rings is 1. The van der Waals surface area contributed by atoms with Gasteiger partial charge in [0.2, 0.25) is 0 Å². The minimum atomic E-state index is 0.187. The van der Waals surface area contributed by atoms with E-state index in [0.29, 0.717) is 17.7 Å². The average Bonchev–Trinajstić information content (AvgIpc) is 2.27. The zero-order valence-corrected chi connectivity index (χ0v) is 13.0. The third-order valence-electron chi connectivity index (χ3n) is 3.01. The van der Waals surface area contributed by atoms with Gasteiger partial charge in [-0.05, 0) is 42.3 Å². The Hall–Kier alpha value is -0.800. The van der Waals surface area contributed by atoms with Gasteiger partial charge in [-0.2, -0.15) is 0 Å². The number of thiocarbonyl (C=S) groups is 1. The van der Waals surface area contributed by atoms with Crippen molar-refractivity contribution >= 4 is 28.9 Å². The lowest BCUT2D eigenvalue weighted by molar-refractivity contribution is 0.315. The van der Waals surface area contributed by atoms with Crippen LogP contribution in [0.15, 0.2) is 24.3 Å². The van der Waals surface area contributed by atoms with Crippen molar-refractivity contribution in [3.63, 3.8) is 0 Å². The van der Waals surface area contributed by atoms with Gasteiger partial charge in [0.05, 0.1) is 0 Å². The van der Waals surface area contributed by atoms with Crippen LogP contribution in [-0.2, 0) is 6.54 Å². The lowest BCUT2D eigenvalue weighted by Gasteiger charge is -2.29. The summed E-state index contributed by atoms with van der Waals surface area (Å²) in [6.45, 7) is 9.40. The summed E-state index contributed by atoms with van der Waals surface area (Å²) in [5.74, 6) is 0. The van der Waals surface area contributed by atoms with Crippen LogP contribution in [0.4, 0.5) is 0 Å². The molecular formula is C14H21ClN2S. The zero-order valence-electron chi connectivity index (χ0n) is 11.4. The molecule has 0 aliphatic rings. The van der Waals surface area contributed by atoms with Crippen LogP contribution in [0.1, 0.15) is 33.3 Å². The molecule has 0 heterocycles. The Balaban J connectivity index is 2.40. The van der Waals surface area contributed by atoms with E-state index in [1.54, 1.807) is 0 Å². The highest BCUT2D eigenvalue weighted by Gasteiger charge is 2.20. The van der Waals surface area contributed by atoms with Crippen molar-refractivity contribution in [2.45, 2.75) is 40.3 Å². The Morgan fingerprint density at radius 1 is 1.28 bits per heavy atom. The van der Waals surface area contributed by atoms with E-state index in [9.17, 15) is 0 Å². The molecule has 4 heteroatoms. The van der Waals surface area contributed by atoms with Crippen molar-refractivity contribution in [3.05, 3.63) is 34.9 Å². The van der Waals surface area contributed by atoms with Crippen LogP contribution < -0.4 is 10.6 Å². The predicted octanol–water partition coefficient (Wildman–Crippen LogP) is 3.74. The van der Waals surface area contributed by atoms with E-state index in [4.69, 9.17) is 23.8 Å². The third-order valence-corrected chi connectivity index (χ3v) is 3.53. The van der Waals surface area contributed by atoms with Crippen molar-refractivity contribution in [2.24, 2.45) is 5.41 Å². The molecule has 0 aromatic heterocycles. The Kier molecular flexibility index (Phi) is 5.42. The van der Waals surface area contributed by atoms with Gasteiger partial charge in [-0.3, -0.25) is 0 Å². The van der Waals surface area contributed by atoms with Crippen LogP contribution in [0.25, 0.3) is 0 Å². The summed E-state index contributed by atoms with van der Waals surface area (Å²) in [6, 6.07) is 8.07. The molecule has 0 radical (unpaired) electrons. The van der Waals surface area contributed by atoms with Gasteiger partial charge in [0.1, 0.15) is 0 Å². The van der Waals surface area contributed by atoms with Gasteiger partial charge in [-0.15, -0.1) is 0 Å². The standard InChI is InChI=1S/C14H21ClN2S/c1-10(14(2,3)4)17-13(18)16-9-11-5-7-12(15)8-6-11/h5-8,10H,9H2,1-4H3,(H2,16,17,18). The van der Waals surface area contributed by atoms with Gasteiger partial charge in [-0.1, -0.05) is 44.5 Å². The van der Waals surface area contributed by atoms with Crippen LogP contribution in [0.5, 0.6) is 0 Å². The fourth-order valence-electron chi connectivity index (χ4n) is 1.25. The van der Waals surface area contributed by atoms with Gasteiger partial charge in [0.15, 0.2) is 5.11 Å². The minimum Gasteiger partial charge on any atom is -0.360 e. The number of halogens is 1. The second-order valence-electron chi connectivity index (χ2n) is 5.54. The molecule has 1 rings (SSSR count). The van der Waals surface area contributed by atoms with Gasteiger partial charge in [-0.25, -0.2) is 0 Å². The van der Waals surface area contributed by atoms with Crippen molar-refractivity contribution < 1.29 is 0 Å². The van der Waals surface area contributed by atoms with E-state index < -0.39 is 0 Å². The molecule has 100 valence electrons. The fourth-order valence-corrected chi connectivity index (χ4v) is 1.62. The van der Waals surface area contributed by atoms with Crippen LogP contribution >= 0.6 is 23.8 Å². The molecule has 0 saturated heterocycles. The quantitative estimate of drug-likeness (QED) is 0.827. The maximum absolute atomic E-state index is 5.83. The van der Waals surface area contributed by atoms with E-state index in [1.165, 1.54) is 0 Å². The topological polar surface area (TPSA) is 24.1 Å². The van der Waals surface area contributed by atoms with E-state index in [1.807, 2.05) is 24.3 Å². The van der Waals surface area contributed by atoms with Gasteiger partial charge in [0.25, 0.3) is 0 Å². The maximum atomic E-state index is 5.83. The number of rotatable bonds is 3. The Labute approximate surface area is 120 Å². The first kappa shape index (κ1) is 15.3. The smallest absolute Gasteiger partial charge is 0.166 e. The summed E-state index contributed by atoms with van der Waals surface area (Å²) in [5.41, 5.74) is 1.35. The zero-order chi connectivity index (χ0) is 13.8. The second-order valence-corrected chi connectivity index (χ2v) is 6.39. The van der Waals surface area contributed by atoms with Crippen molar-refractivity contribution in [1.29, 1.82) is 0 Å². The summed E-state index contributed by atoms with van der Waals surface area (Å²) < 4.78 is 0. The van der Waals surface area contributed by atoms with E-state index in [-0.39, 0.29) is 5.41 Å². The molecule has 0 saturated carbocycles. The van der Waals surface area contributed by atoms with Gasteiger partial charge >= 0.3 is 0 Å². The van der Waals surface area contributed by atoms with E-state index in [2.05, 4.69) is 38.3 Å². The molecular weight excluding hydrogens is 264 g/mol. The van der Waals surface area contributed by atoms with Crippen LogP contribution in [0.3, 0.4) is 0 Å². The molecule has 0 amide bonds. The first-order valence-corrected chi connectivity index (χ1v) is 6.86. The summed E-state index contributed by atoms with van der Waals surface area (Å²) in [7, 11) is 0. The summed E-state index contributed by atoms with van der Waals surface area (Å²) >= 11 is 11.1.